The minimum Gasteiger partial charge on any atom is -0.508 e. The van der Waals surface area contributed by atoms with Crippen molar-refractivity contribution in [3.63, 3.8) is 0 Å². The number of phenolic OH excluding ortho intramolecular Hbond substituents is 1. The SMILES string of the molecule is CC[C@H](C)[C@H](NC(=O)[C@@H](NC(C)=O)[C@@H](C)O)C(=O)N[C@@H](CCC(N)=O)C(=O)N[C@@H](Cc1ccc(O)cc1)C(=O)N[C@@H](CCCNC(=N)N)C(=O)N[C@@H](CCCCN)C(=O)N[C@@H](C)C(=O)N[C@H](C(=O)N[C@@H](CCCCN)C(=O)N[C@@H](CO)C(N)=O)C(C)C. The number of phenols is 1. The number of carbonyl (C=O) groups is 12. The van der Waals surface area contributed by atoms with Gasteiger partial charge in [0.25, 0.3) is 0 Å². The van der Waals surface area contributed by atoms with Gasteiger partial charge in [-0.1, -0.05) is 46.2 Å². The largest absolute Gasteiger partial charge is 0.508 e. The molecular formula is C55H95N17O15. The monoisotopic (exact) mass is 1230 g/mol. The van der Waals surface area contributed by atoms with Crippen LogP contribution in [0.4, 0.5) is 0 Å². The molecule has 32 nitrogen and oxygen atoms in total. The maximum Gasteiger partial charge on any atom is 0.245 e. The second-order valence-corrected chi connectivity index (χ2v) is 21.6. The number of hydrogen-bond donors (Lipinski definition) is 20. The fourth-order valence-corrected chi connectivity index (χ4v) is 8.53. The van der Waals surface area contributed by atoms with E-state index in [2.05, 4.69) is 58.5 Å². The molecule has 0 saturated carbocycles. The average Bonchev–Trinajstić information content (AvgIpc) is 3.21. The van der Waals surface area contributed by atoms with E-state index in [-0.39, 0.29) is 63.9 Å². The number of aliphatic hydroxyl groups is 2. The summed E-state index contributed by atoms with van der Waals surface area (Å²) in [5.41, 5.74) is 28.0. The van der Waals surface area contributed by atoms with Crippen LogP contribution in [0.15, 0.2) is 24.3 Å². The van der Waals surface area contributed by atoms with Crippen molar-refractivity contribution in [2.24, 2.45) is 40.5 Å². The third-order valence-corrected chi connectivity index (χ3v) is 13.9. The van der Waals surface area contributed by atoms with E-state index >= 15 is 0 Å². The van der Waals surface area contributed by atoms with E-state index in [9.17, 15) is 72.9 Å². The third kappa shape index (κ3) is 29.1. The lowest BCUT2D eigenvalue weighted by Crippen LogP contribution is -2.61. The Morgan fingerprint density at radius 2 is 0.943 bits per heavy atom. The molecule has 1 rings (SSSR count). The lowest BCUT2D eigenvalue weighted by Gasteiger charge is -2.30. The molecule has 0 heterocycles. The normalized spacial score (nSPS) is 15.2. The van der Waals surface area contributed by atoms with Gasteiger partial charge in [0.2, 0.25) is 70.9 Å². The Morgan fingerprint density at radius 1 is 0.517 bits per heavy atom. The Kier molecular flexibility index (Phi) is 35.5. The van der Waals surface area contributed by atoms with Crippen LogP contribution < -0.4 is 87.2 Å². The highest BCUT2D eigenvalue weighted by Gasteiger charge is 2.37. The third-order valence-electron chi connectivity index (χ3n) is 13.9. The Balaban J connectivity index is 3.69. The number of carbonyl (C=O) groups excluding carboxylic acids is 12. The Morgan fingerprint density at radius 3 is 1.38 bits per heavy atom. The molecule has 0 aromatic heterocycles. The first kappa shape index (κ1) is 76.8. The number of rotatable bonds is 42. The van der Waals surface area contributed by atoms with Gasteiger partial charge in [0.1, 0.15) is 66.2 Å². The number of nitrogens with one attached hydrogen (secondary N) is 12. The summed E-state index contributed by atoms with van der Waals surface area (Å²) < 4.78 is 0. The molecule has 0 bridgehead atoms. The summed E-state index contributed by atoms with van der Waals surface area (Å²) in [4.78, 5) is 162. The minimum atomic E-state index is -1.60. The van der Waals surface area contributed by atoms with Crippen molar-refractivity contribution < 1.29 is 72.9 Å². The number of guanidine groups is 1. The van der Waals surface area contributed by atoms with Crippen LogP contribution in [-0.4, -0.2) is 185 Å². The van der Waals surface area contributed by atoms with E-state index in [1.54, 1.807) is 27.7 Å². The number of aromatic hydroxyl groups is 1. The highest BCUT2D eigenvalue weighted by Crippen LogP contribution is 2.15. The predicted molar refractivity (Wildman–Crippen MR) is 318 cm³/mol. The molecule has 0 aliphatic rings. The summed E-state index contributed by atoms with van der Waals surface area (Å²) >= 11 is 0. The number of amides is 12. The second-order valence-electron chi connectivity index (χ2n) is 21.6. The molecule has 25 N–H and O–H groups in total. The van der Waals surface area contributed by atoms with E-state index in [0.29, 0.717) is 31.2 Å². The van der Waals surface area contributed by atoms with E-state index in [4.69, 9.17) is 34.1 Å². The smallest absolute Gasteiger partial charge is 0.245 e. The van der Waals surface area contributed by atoms with Gasteiger partial charge in [-0.05, 0) is 114 Å². The van der Waals surface area contributed by atoms with E-state index in [1.165, 1.54) is 38.1 Å². The molecule has 1 aromatic carbocycles. The average molecular weight is 1230 g/mol. The molecule has 0 saturated heterocycles. The van der Waals surface area contributed by atoms with Gasteiger partial charge in [0.05, 0.1) is 12.7 Å². The summed E-state index contributed by atoms with van der Waals surface area (Å²) in [6, 6.07) is -8.74. The van der Waals surface area contributed by atoms with Crippen LogP contribution in [0.2, 0.25) is 0 Å². The zero-order valence-electron chi connectivity index (χ0n) is 50.8. The van der Waals surface area contributed by atoms with Crippen molar-refractivity contribution in [1.82, 2.24) is 58.5 Å². The van der Waals surface area contributed by atoms with Crippen molar-refractivity contribution in [2.75, 3.05) is 26.2 Å². The second kappa shape index (κ2) is 40.2. The topological polar surface area (TPSA) is 552 Å². The van der Waals surface area contributed by atoms with Gasteiger partial charge in [0.15, 0.2) is 5.96 Å². The summed E-state index contributed by atoms with van der Waals surface area (Å²) in [5, 5.41) is 65.3. The fraction of sp³-hybridized carbons (Fsp3) is 0.655. The molecule has 0 fully saturated rings. The summed E-state index contributed by atoms with van der Waals surface area (Å²) in [6.07, 6.45) is -0.819. The summed E-state index contributed by atoms with van der Waals surface area (Å²) in [7, 11) is 0. The fourth-order valence-electron chi connectivity index (χ4n) is 8.53. The summed E-state index contributed by atoms with van der Waals surface area (Å²) in [6.45, 7) is 9.92. The van der Waals surface area contributed by atoms with Crippen molar-refractivity contribution in [1.29, 1.82) is 5.41 Å². The van der Waals surface area contributed by atoms with Gasteiger partial charge in [0, 0.05) is 26.3 Å². The Bertz CT molecular complexity index is 2470. The molecule has 0 aliphatic carbocycles. The number of hydrogen-bond acceptors (Lipinski definition) is 18. The first-order chi connectivity index (χ1) is 40.9. The maximum absolute atomic E-state index is 14.6. The molecule has 32 heteroatoms. The molecule has 12 amide bonds. The van der Waals surface area contributed by atoms with Gasteiger partial charge in [-0.15, -0.1) is 0 Å². The molecule has 0 aliphatic heterocycles. The first-order valence-electron chi connectivity index (χ1n) is 29.0. The Hall–Kier alpha value is -8.23. The van der Waals surface area contributed by atoms with Gasteiger partial charge in [-0.25, -0.2) is 0 Å². The molecule has 87 heavy (non-hydrogen) atoms. The minimum absolute atomic E-state index is 0.0268. The van der Waals surface area contributed by atoms with Crippen molar-refractivity contribution in [2.45, 2.75) is 192 Å². The van der Waals surface area contributed by atoms with Crippen LogP contribution in [-0.2, 0) is 64.0 Å². The molecule has 490 valence electrons. The van der Waals surface area contributed by atoms with Crippen LogP contribution in [0.5, 0.6) is 5.75 Å². The Labute approximate surface area is 506 Å². The van der Waals surface area contributed by atoms with Crippen LogP contribution in [0.25, 0.3) is 0 Å². The molecule has 0 spiro atoms. The molecule has 12 atom stereocenters. The maximum atomic E-state index is 14.6. The van der Waals surface area contributed by atoms with E-state index in [0.717, 1.165) is 6.92 Å². The number of aliphatic hydroxyl groups excluding tert-OH is 2. The highest BCUT2D eigenvalue weighted by atomic mass is 16.3. The number of benzene rings is 1. The van der Waals surface area contributed by atoms with Gasteiger partial charge < -0.3 is 102 Å². The zero-order valence-corrected chi connectivity index (χ0v) is 50.8. The molecular weight excluding hydrogens is 1140 g/mol. The zero-order chi connectivity index (χ0) is 66.1. The highest BCUT2D eigenvalue weighted by molar-refractivity contribution is 5.99. The molecule has 0 unspecified atom stereocenters. The van der Waals surface area contributed by atoms with Crippen molar-refractivity contribution in [3.8, 4) is 5.75 Å². The van der Waals surface area contributed by atoms with Crippen LogP contribution >= 0.6 is 0 Å². The van der Waals surface area contributed by atoms with Crippen molar-refractivity contribution >= 4 is 76.8 Å². The number of unbranched alkanes of at least 4 members (excludes halogenated alkanes) is 2. The van der Waals surface area contributed by atoms with Gasteiger partial charge in [-0.3, -0.25) is 62.9 Å². The summed E-state index contributed by atoms with van der Waals surface area (Å²) in [5.74, 6) is -12.4. The number of primary amides is 2. The quantitative estimate of drug-likeness (QED) is 0.0165. The van der Waals surface area contributed by atoms with Gasteiger partial charge in [-0.2, -0.15) is 0 Å². The first-order valence-corrected chi connectivity index (χ1v) is 29.0. The van der Waals surface area contributed by atoms with E-state index < -0.39 is 175 Å². The van der Waals surface area contributed by atoms with E-state index in [1.807, 2.05) is 0 Å². The predicted octanol–water partition coefficient (Wildman–Crippen LogP) is -5.83. The van der Waals surface area contributed by atoms with Gasteiger partial charge >= 0.3 is 0 Å². The van der Waals surface area contributed by atoms with Crippen LogP contribution in [0.1, 0.15) is 125 Å². The molecule has 0 radical (unpaired) electrons. The van der Waals surface area contributed by atoms with Crippen LogP contribution in [0.3, 0.4) is 0 Å². The molecule has 1 aromatic rings. The number of nitrogens with two attached hydrogens (primary N) is 5. The lowest BCUT2D eigenvalue weighted by atomic mass is 9.96. The standard InChI is InChI=1S/C55H95N17O15/c1-8-29(4)43(72-54(87)44(31(6)74)64-32(7)75)53(86)68-38(21-22-41(58)77)50(83)69-39(26-33-17-19-34(76)20-18-33)51(84)66-37(16-13-25-62-55(60)61)48(81)65-35(14-9-11-23-56)47(80)63-30(5)46(79)71-42(28(2)3)52(85)67-36(15-10-12-24-57)49(82)70-40(27-73)45(59)78/h17-20,28-31,35-40,42-44,73-74,76H,8-16,21-27,56-57H2,1-7H3,(H2,58,77)(H2,59,78)(H,63,80)(H,64,75)(H,65,81)(H,66,84)(H,67,85)(H,68,86)(H,69,83)(H,70,82)(H,71,79)(H,72,87)(H4,60,61,62)/t29-,30-,31+,35-,36-,37-,38-,39-,40-,42-,43-,44-/m0/s1. The lowest BCUT2D eigenvalue weighted by molar-refractivity contribution is -0.137. The van der Waals surface area contributed by atoms with Crippen LogP contribution in [0, 0.1) is 17.2 Å². The van der Waals surface area contributed by atoms with Crippen molar-refractivity contribution in [3.05, 3.63) is 29.8 Å².